The standard InChI is InChI=1S/C24H29N3O5S/c1-25-23(28)22-16-27(20-13-6-7-14-21(20)32-22)24(29)17-9-8-12-19(15-17)33(30,31)26(2)18-10-4-3-5-11-18/h6-9,12-15,18,22H,3-5,10-11,16H2,1-2H3,(H,25,28)/t22-/m1/s1. The predicted molar refractivity (Wildman–Crippen MR) is 125 cm³/mol. The molecule has 9 heteroatoms. The summed E-state index contributed by atoms with van der Waals surface area (Å²) in [6.07, 6.45) is 4.00. The number of amides is 2. The average Bonchev–Trinajstić information content (AvgIpc) is 2.87. The molecule has 8 nitrogen and oxygen atoms in total. The van der Waals surface area contributed by atoms with Gasteiger partial charge in [0.15, 0.2) is 6.10 Å². The minimum absolute atomic E-state index is 0.0223. The zero-order chi connectivity index (χ0) is 23.6. The van der Waals surface area contributed by atoms with Crippen molar-refractivity contribution in [2.75, 3.05) is 25.5 Å². The van der Waals surface area contributed by atoms with Gasteiger partial charge in [-0.3, -0.25) is 9.59 Å². The summed E-state index contributed by atoms with van der Waals surface area (Å²) in [7, 11) is -0.614. The van der Waals surface area contributed by atoms with Crippen molar-refractivity contribution in [2.24, 2.45) is 0 Å². The van der Waals surface area contributed by atoms with Gasteiger partial charge in [-0.15, -0.1) is 0 Å². The van der Waals surface area contributed by atoms with Crippen LogP contribution in [0.2, 0.25) is 0 Å². The van der Waals surface area contributed by atoms with E-state index in [2.05, 4.69) is 5.32 Å². The molecule has 2 aliphatic rings. The third-order valence-corrected chi connectivity index (χ3v) is 8.31. The van der Waals surface area contributed by atoms with Crippen LogP contribution in [-0.4, -0.2) is 57.3 Å². The van der Waals surface area contributed by atoms with E-state index in [-0.39, 0.29) is 29.0 Å². The van der Waals surface area contributed by atoms with Crippen LogP contribution in [0.4, 0.5) is 5.69 Å². The number of nitrogens with zero attached hydrogens (tertiary/aromatic N) is 2. The number of fused-ring (bicyclic) bond motifs is 1. The molecule has 1 atom stereocenters. The van der Waals surface area contributed by atoms with E-state index in [4.69, 9.17) is 4.74 Å². The maximum Gasteiger partial charge on any atom is 0.262 e. The SMILES string of the molecule is CNC(=O)[C@H]1CN(C(=O)c2cccc(S(=O)(=O)N(C)C3CCCCC3)c2)c2ccccc2O1. The smallest absolute Gasteiger partial charge is 0.262 e. The molecule has 1 aliphatic heterocycles. The summed E-state index contributed by atoms with van der Waals surface area (Å²) in [5, 5.41) is 2.55. The Labute approximate surface area is 194 Å². The molecular weight excluding hydrogens is 442 g/mol. The Morgan fingerprint density at radius 1 is 1.06 bits per heavy atom. The fourth-order valence-electron chi connectivity index (χ4n) is 4.48. The third-order valence-electron chi connectivity index (χ3n) is 6.40. The number of para-hydroxylation sites is 2. The van der Waals surface area contributed by atoms with E-state index in [0.717, 1.165) is 32.1 Å². The van der Waals surface area contributed by atoms with Crippen molar-refractivity contribution >= 4 is 27.5 Å². The highest BCUT2D eigenvalue weighted by Crippen LogP contribution is 2.34. The zero-order valence-corrected chi connectivity index (χ0v) is 19.7. The molecule has 4 rings (SSSR count). The van der Waals surface area contributed by atoms with Crippen molar-refractivity contribution in [1.82, 2.24) is 9.62 Å². The van der Waals surface area contributed by atoms with Crippen molar-refractivity contribution in [1.29, 1.82) is 0 Å². The number of anilines is 1. The molecule has 2 amide bonds. The molecular formula is C24H29N3O5S. The number of rotatable bonds is 5. The Morgan fingerprint density at radius 3 is 2.52 bits per heavy atom. The van der Waals surface area contributed by atoms with E-state index < -0.39 is 22.0 Å². The van der Waals surface area contributed by atoms with Gasteiger partial charge in [-0.2, -0.15) is 4.31 Å². The number of ether oxygens (including phenoxy) is 1. The van der Waals surface area contributed by atoms with Crippen LogP contribution in [0.25, 0.3) is 0 Å². The molecule has 33 heavy (non-hydrogen) atoms. The highest BCUT2D eigenvalue weighted by atomic mass is 32.2. The van der Waals surface area contributed by atoms with E-state index in [9.17, 15) is 18.0 Å². The lowest BCUT2D eigenvalue weighted by atomic mass is 9.96. The van der Waals surface area contributed by atoms with Gasteiger partial charge in [-0.25, -0.2) is 8.42 Å². The minimum Gasteiger partial charge on any atom is -0.477 e. The Kier molecular flexibility index (Phi) is 6.71. The molecule has 0 spiro atoms. The van der Waals surface area contributed by atoms with Crippen LogP contribution in [0.15, 0.2) is 53.4 Å². The number of carbonyl (C=O) groups excluding carboxylic acids is 2. The molecule has 0 unspecified atom stereocenters. The van der Waals surface area contributed by atoms with E-state index in [0.29, 0.717) is 11.4 Å². The second-order valence-corrected chi connectivity index (χ2v) is 10.4. The molecule has 0 radical (unpaired) electrons. The average molecular weight is 472 g/mol. The van der Waals surface area contributed by atoms with Crippen LogP contribution < -0.4 is 15.0 Å². The molecule has 0 bridgehead atoms. The predicted octanol–water partition coefficient (Wildman–Crippen LogP) is 2.79. The molecule has 1 heterocycles. The van der Waals surface area contributed by atoms with E-state index in [1.54, 1.807) is 43.4 Å². The maximum absolute atomic E-state index is 13.5. The largest absolute Gasteiger partial charge is 0.477 e. The first-order valence-electron chi connectivity index (χ1n) is 11.2. The van der Waals surface area contributed by atoms with Crippen molar-refractivity contribution in [3.05, 3.63) is 54.1 Å². The molecule has 176 valence electrons. The summed E-state index contributed by atoms with van der Waals surface area (Å²) in [5.74, 6) is -0.309. The third kappa shape index (κ3) is 4.60. The normalized spacial score (nSPS) is 19.0. The van der Waals surface area contributed by atoms with Gasteiger partial charge in [0.2, 0.25) is 10.0 Å². The Bertz CT molecular complexity index is 1140. The summed E-state index contributed by atoms with van der Waals surface area (Å²) >= 11 is 0. The fourth-order valence-corrected chi connectivity index (χ4v) is 5.94. The molecule has 2 aromatic rings. The lowest BCUT2D eigenvalue weighted by molar-refractivity contribution is -0.127. The minimum atomic E-state index is -3.74. The van der Waals surface area contributed by atoms with Crippen LogP contribution in [0.5, 0.6) is 5.75 Å². The van der Waals surface area contributed by atoms with Crippen molar-refractivity contribution < 1.29 is 22.7 Å². The van der Waals surface area contributed by atoms with Gasteiger partial charge in [0.1, 0.15) is 5.75 Å². The monoisotopic (exact) mass is 471 g/mol. The summed E-state index contributed by atoms with van der Waals surface area (Å²) < 4.78 is 33.8. The Morgan fingerprint density at radius 2 is 1.79 bits per heavy atom. The molecule has 1 fully saturated rings. The lowest BCUT2D eigenvalue weighted by Gasteiger charge is -2.34. The van der Waals surface area contributed by atoms with Gasteiger partial charge < -0.3 is 15.0 Å². The van der Waals surface area contributed by atoms with Gasteiger partial charge in [-0.05, 0) is 43.2 Å². The molecule has 1 saturated carbocycles. The zero-order valence-electron chi connectivity index (χ0n) is 18.9. The number of benzene rings is 2. The lowest BCUT2D eigenvalue weighted by Crippen LogP contribution is -2.50. The Hall–Kier alpha value is -2.91. The molecule has 2 aromatic carbocycles. The van der Waals surface area contributed by atoms with Crippen molar-refractivity contribution in [2.45, 2.75) is 49.1 Å². The van der Waals surface area contributed by atoms with Crippen LogP contribution in [0, 0.1) is 0 Å². The topological polar surface area (TPSA) is 96.0 Å². The first-order valence-corrected chi connectivity index (χ1v) is 12.6. The summed E-state index contributed by atoms with van der Waals surface area (Å²) in [4.78, 5) is 27.3. The highest BCUT2D eigenvalue weighted by Gasteiger charge is 2.35. The highest BCUT2D eigenvalue weighted by molar-refractivity contribution is 7.89. The number of carbonyl (C=O) groups is 2. The second-order valence-electron chi connectivity index (χ2n) is 8.45. The van der Waals surface area contributed by atoms with Crippen molar-refractivity contribution in [3.63, 3.8) is 0 Å². The summed E-state index contributed by atoms with van der Waals surface area (Å²) in [6, 6.07) is 13.1. The van der Waals surface area contributed by atoms with Crippen LogP contribution in [0.1, 0.15) is 42.5 Å². The van der Waals surface area contributed by atoms with Gasteiger partial charge in [0, 0.05) is 25.7 Å². The van der Waals surface area contributed by atoms with E-state index in [1.165, 1.54) is 28.4 Å². The number of hydrogen-bond acceptors (Lipinski definition) is 5. The van der Waals surface area contributed by atoms with Gasteiger partial charge >= 0.3 is 0 Å². The summed E-state index contributed by atoms with van der Waals surface area (Å²) in [6.45, 7) is 0.0223. The first kappa shape index (κ1) is 23.3. The first-order chi connectivity index (χ1) is 15.8. The molecule has 0 saturated heterocycles. The number of nitrogens with one attached hydrogen (secondary N) is 1. The Balaban J connectivity index is 1.64. The molecule has 1 aliphatic carbocycles. The van der Waals surface area contributed by atoms with Gasteiger partial charge in [0.25, 0.3) is 11.8 Å². The quantitative estimate of drug-likeness (QED) is 0.724. The van der Waals surface area contributed by atoms with Crippen LogP contribution >= 0.6 is 0 Å². The number of sulfonamides is 1. The van der Waals surface area contributed by atoms with Gasteiger partial charge in [-0.1, -0.05) is 37.5 Å². The van der Waals surface area contributed by atoms with E-state index >= 15 is 0 Å². The fraction of sp³-hybridized carbons (Fsp3) is 0.417. The van der Waals surface area contributed by atoms with Gasteiger partial charge in [0.05, 0.1) is 17.1 Å². The summed E-state index contributed by atoms with van der Waals surface area (Å²) in [5.41, 5.74) is 0.774. The van der Waals surface area contributed by atoms with Crippen LogP contribution in [0.3, 0.4) is 0 Å². The van der Waals surface area contributed by atoms with Crippen molar-refractivity contribution in [3.8, 4) is 5.75 Å². The molecule has 0 aromatic heterocycles. The maximum atomic E-state index is 13.5. The molecule has 1 N–H and O–H groups in total. The second kappa shape index (κ2) is 9.52. The number of likely N-dealkylation sites (N-methyl/N-ethyl adjacent to an activating group) is 1. The van der Waals surface area contributed by atoms with E-state index in [1.807, 2.05) is 0 Å². The number of hydrogen-bond donors (Lipinski definition) is 1. The van der Waals surface area contributed by atoms with Crippen LogP contribution in [-0.2, 0) is 14.8 Å².